The number of hydrogen-bond donors (Lipinski definition) is 0. The van der Waals surface area contributed by atoms with Crippen LogP contribution in [0, 0.1) is 13.8 Å². The van der Waals surface area contributed by atoms with Gasteiger partial charge >= 0.3 is 12.1 Å². The zero-order valence-corrected chi connectivity index (χ0v) is 15.1. The van der Waals surface area contributed by atoms with Crippen molar-refractivity contribution in [2.75, 3.05) is 6.61 Å². The first-order chi connectivity index (χ1) is 11.8. The lowest BCUT2D eigenvalue weighted by Gasteiger charge is -2.30. The lowest BCUT2D eigenvalue weighted by atomic mass is 9.96. The Hall–Kier alpha value is -1.02. The summed E-state index contributed by atoms with van der Waals surface area (Å²) in [6, 6.07) is 0. The monoisotopic (exact) mass is 459 g/mol. The molecule has 0 amide bonds. The molecule has 1 aromatic rings. The van der Waals surface area contributed by atoms with Crippen LogP contribution in [0.2, 0.25) is 0 Å². The molecular formula is C15H13Br2F3O3. The lowest BCUT2D eigenvalue weighted by molar-refractivity contribution is -0.188. The van der Waals surface area contributed by atoms with Crippen molar-refractivity contribution in [1.82, 2.24) is 0 Å². The van der Waals surface area contributed by atoms with E-state index in [1.807, 2.05) is 0 Å². The number of carbonyl (C=O) groups is 1. The van der Waals surface area contributed by atoms with Crippen LogP contribution in [0.1, 0.15) is 27.7 Å². The lowest BCUT2D eigenvalue weighted by Crippen LogP contribution is -2.41. The smallest absolute Gasteiger partial charge is 0.430 e. The van der Waals surface area contributed by atoms with Gasteiger partial charge in [-0.1, -0.05) is 15.9 Å². The van der Waals surface area contributed by atoms with Crippen molar-refractivity contribution in [3.05, 3.63) is 31.2 Å². The van der Waals surface area contributed by atoms with Gasteiger partial charge in [-0.2, -0.15) is 13.2 Å². The molecule has 3 nitrogen and oxygen atoms in total. The van der Waals surface area contributed by atoms with Crippen molar-refractivity contribution in [2.45, 2.75) is 33.0 Å². The fourth-order valence-corrected chi connectivity index (χ4v) is 3.28. The van der Waals surface area contributed by atoms with E-state index in [4.69, 9.17) is 8.85 Å². The van der Waals surface area contributed by atoms with Crippen LogP contribution in [-0.4, -0.2) is 24.9 Å². The zero-order chi connectivity index (χ0) is 20.0. The molecular weight excluding hydrogens is 445 g/mol. The van der Waals surface area contributed by atoms with Crippen molar-refractivity contribution in [1.29, 1.82) is 0 Å². The van der Waals surface area contributed by atoms with E-state index < -0.39 is 30.7 Å². The fraction of sp³-hybridized carbons (Fsp3) is 0.400. The molecule has 8 heteroatoms. The summed E-state index contributed by atoms with van der Waals surface area (Å²) in [5.74, 6) is -1.50. The van der Waals surface area contributed by atoms with Crippen molar-refractivity contribution in [3.8, 4) is 5.75 Å². The Bertz CT molecular complexity index is 789. The first kappa shape index (κ1) is 14.3. The molecule has 1 atom stereocenters. The molecule has 0 spiro atoms. The van der Waals surface area contributed by atoms with Gasteiger partial charge in [0.2, 0.25) is 6.10 Å². The van der Waals surface area contributed by atoms with Gasteiger partial charge in [0.25, 0.3) is 0 Å². The van der Waals surface area contributed by atoms with Crippen LogP contribution in [0.4, 0.5) is 13.2 Å². The quantitative estimate of drug-likeness (QED) is 0.576. The first-order valence-electron chi connectivity index (χ1n) is 7.94. The van der Waals surface area contributed by atoms with Crippen LogP contribution in [-0.2, 0) is 9.53 Å². The predicted molar refractivity (Wildman–Crippen MR) is 86.4 cm³/mol. The van der Waals surface area contributed by atoms with Crippen molar-refractivity contribution in [3.63, 3.8) is 0 Å². The van der Waals surface area contributed by atoms with Crippen LogP contribution < -0.4 is 4.74 Å². The number of fused-ring (bicyclic) bond motifs is 1. The van der Waals surface area contributed by atoms with Gasteiger partial charge < -0.3 is 9.47 Å². The molecule has 0 aromatic heterocycles. The number of carbonyl (C=O) groups excluding carboxylic acids is 1. The van der Waals surface area contributed by atoms with Gasteiger partial charge in [-0.25, -0.2) is 4.79 Å². The van der Waals surface area contributed by atoms with E-state index in [-0.39, 0.29) is 32.4 Å². The Kier molecular flexibility index (Phi) is 4.03. The molecule has 0 fully saturated rings. The Morgan fingerprint density at radius 1 is 1.39 bits per heavy atom. The number of hydrogen-bond acceptors (Lipinski definition) is 3. The topological polar surface area (TPSA) is 35.5 Å². The maximum Gasteiger partial charge on any atom is 0.430 e. The van der Waals surface area contributed by atoms with Gasteiger partial charge in [0.15, 0.2) is 0 Å². The Morgan fingerprint density at radius 2 is 2.04 bits per heavy atom. The summed E-state index contributed by atoms with van der Waals surface area (Å²) < 4.78 is 73.5. The second-order valence-corrected chi connectivity index (χ2v) is 6.32. The van der Waals surface area contributed by atoms with Crippen LogP contribution >= 0.6 is 31.9 Å². The second kappa shape index (κ2) is 6.47. The van der Waals surface area contributed by atoms with E-state index >= 15 is 0 Å². The van der Waals surface area contributed by atoms with Gasteiger partial charge in [-0.15, -0.1) is 0 Å². The number of ether oxygens (including phenoxy) is 2. The normalized spacial score (nSPS) is 19.7. The molecule has 0 radical (unpaired) electrons. The Labute approximate surface area is 152 Å². The largest absolute Gasteiger partial charge is 0.474 e. The van der Waals surface area contributed by atoms with Crippen molar-refractivity contribution >= 4 is 43.9 Å². The van der Waals surface area contributed by atoms with Crippen molar-refractivity contribution in [2.24, 2.45) is 0 Å². The summed E-state index contributed by atoms with van der Waals surface area (Å²) in [7, 11) is 0. The third kappa shape index (κ3) is 3.28. The molecule has 126 valence electrons. The minimum atomic E-state index is -4.89. The second-order valence-electron chi connectivity index (χ2n) is 4.73. The van der Waals surface area contributed by atoms with E-state index in [9.17, 15) is 18.0 Å². The summed E-state index contributed by atoms with van der Waals surface area (Å²) in [5.41, 5.74) is -0.808. The Balaban J connectivity index is 2.84. The highest BCUT2D eigenvalue weighted by atomic mass is 79.9. The Morgan fingerprint density at radius 3 is 2.57 bits per heavy atom. The van der Waals surface area contributed by atoms with Gasteiger partial charge in [-0.05, 0) is 53.8 Å². The molecule has 1 heterocycles. The van der Waals surface area contributed by atoms with Crippen molar-refractivity contribution < 1.29 is 31.6 Å². The molecule has 0 saturated heterocycles. The van der Waals surface area contributed by atoms with Crippen LogP contribution in [0.3, 0.4) is 0 Å². The van der Waals surface area contributed by atoms with Gasteiger partial charge in [0, 0.05) is 14.1 Å². The number of esters is 1. The third-order valence-corrected chi connectivity index (χ3v) is 5.16. The molecule has 1 unspecified atom stereocenters. The molecule has 0 N–H and O–H groups in total. The van der Waals surface area contributed by atoms with E-state index in [0.29, 0.717) is 5.56 Å². The molecule has 0 bridgehead atoms. The highest BCUT2D eigenvalue weighted by molar-refractivity contribution is 9.11. The zero-order valence-electron chi connectivity index (χ0n) is 15.0. The summed E-state index contributed by atoms with van der Waals surface area (Å²) in [6.07, 6.45) is -6.57. The molecule has 23 heavy (non-hydrogen) atoms. The summed E-state index contributed by atoms with van der Waals surface area (Å²) >= 11 is 6.32. The SMILES string of the molecule is [2H]C([2H])([2H])c1c(Br)c(C)c(Br)c2c1C=C(C(=O)OCC)C(C(F)(F)F)O2. The van der Waals surface area contributed by atoms with Gasteiger partial charge in [0.05, 0.1) is 16.7 Å². The van der Waals surface area contributed by atoms with Crippen LogP contribution in [0.25, 0.3) is 6.08 Å². The predicted octanol–water partition coefficient (Wildman–Crippen LogP) is 5.10. The molecule has 1 aliphatic heterocycles. The number of halogens is 5. The number of benzene rings is 1. The van der Waals surface area contributed by atoms with E-state index in [1.54, 1.807) is 0 Å². The minimum Gasteiger partial charge on any atom is -0.474 e. The summed E-state index contributed by atoms with van der Waals surface area (Å²) in [6.45, 7) is 0.184. The molecule has 0 saturated carbocycles. The first-order valence-corrected chi connectivity index (χ1v) is 8.03. The third-order valence-electron chi connectivity index (χ3n) is 3.22. The number of rotatable bonds is 2. The molecule has 0 aliphatic carbocycles. The summed E-state index contributed by atoms with van der Waals surface area (Å²) in [4.78, 5) is 12.0. The highest BCUT2D eigenvalue weighted by Crippen LogP contribution is 2.46. The highest BCUT2D eigenvalue weighted by Gasteiger charge is 2.49. The van der Waals surface area contributed by atoms with E-state index in [1.165, 1.54) is 13.8 Å². The fourth-order valence-electron chi connectivity index (χ4n) is 2.09. The summed E-state index contributed by atoms with van der Waals surface area (Å²) in [5, 5.41) is 0. The van der Waals surface area contributed by atoms with Gasteiger partial charge in [-0.3, -0.25) is 0 Å². The molecule has 1 aromatic carbocycles. The van der Waals surface area contributed by atoms with Crippen LogP contribution in [0.15, 0.2) is 14.5 Å². The average Bonchev–Trinajstić information content (AvgIpc) is 2.49. The van der Waals surface area contributed by atoms with Gasteiger partial charge in [0.1, 0.15) is 5.75 Å². The maximum absolute atomic E-state index is 13.4. The number of alkyl halides is 3. The average molecular weight is 461 g/mol. The van der Waals surface area contributed by atoms with E-state index in [0.717, 1.165) is 6.08 Å². The maximum atomic E-state index is 13.4. The molecule has 1 aliphatic rings. The molecule has 2 rings (SSSR count). The minimum absolute atomic E-state index is 0.127. The van der Waals surface area contributed by atoms with Crippen LogP contribution in [0.5, 0.6) is 5.75 Å². The standard InChI is InChI=1S/C15H13Br2F3O3/c1-4-22-14(21)9-5-8-6(2)10(16)7(3)11(17)12(8)23-13(9)15(18,19)20/h5,13H,4H2,1-3H3/i2D3. The van der Waals surface area contributed by atoms with E-state index in [2.05, 4.69) is 36.6 Å².